The Hall–Kier alpha value is -3.51. The molecule has 3 aromatic carbocycles. The Morgan fingerprint density at radius 3 is 2.27 bits per heavy atom. The summed E-state index contributed by atoms with van der Waals surface area (Å²) in [6.07, 6.45) is 0.905. The predicted molar refractivity (Wildman–Crippen MR) is 132 cm³/mol. The fourth-order valence-electron chi connectivity index (χ4n) is 4.06. The highest BCUT2D eigenvalue weighted by Gasteiger charge is 2.19. The number of benzene rings is 3. The van der Waals surface area contributed by atoms with Gasteiger partial charge in [-0.3, -0.25) is 9.69 Å². The molecule has 0 spiro atoms. The zero-order valence-electron chi connectivity index (χ0n) is 19.1. The van der Waals surface area contributed by atoms with Crippen molar-refractivity contribution in [3.05, 3.63) is 84.4 Å². The summed E-state index contributed by atoms with van der Waals surface area (Å²) in [6, 6.07) is 25.0. The molecule has 0 atom stereocenters. The van der Waals surface area contributed by atoms with Crippen LogP contribution in [0.4, 0.5) is 5.69 Å². The highest BCUT2D eigenvalue weighted by molar-refractivity contribution is 5.97. The molecule has 172 valence electrons. The quantitative estimate of drug-likeness (QED) is 0.494. The topological polar surface area (TPSA) is 54.0 Å². The first-order chi connectivity index (χ1) is 16.2. The van der Waals surface area contributed by atoms with Gasteiger partial charge in [0.2, 0.25) is 0 Å². The number of para-hydroxylation sites is 4. The highest BCUT2D eigenvalue weighted by Crippen LogP contribution is 2.28. The number of methoxy groups -OCH3 is 1. The molecule has 6 nitrogen and oxygen atoms in total. The second-order valence-corrected chi connectivity index (χ2v) is 8.02. The SMILES string of the molecule is COc1ccccc1N1CCN(CCCNC(=O)c2ccccc2Oc2ccccc2)CC1. The van der Waals surface area contributed by atoms with E-state index in [2.05, 4.69) is 27.2 Å². The van der Waals surface area contributed by atoms with E-state index in [0.29, 0.717) is 23.6 Å². The average Bonchev–Trinajstić information content (AvgIpc) is 2.88. The normalized spacial score (nSPS) is 14.0. The van der Waals surface area contributed by atoms with E-state index in [-0.39, 0.29) is 5.91 Å². The number of rotatable bonds is 9. The zero-order valence-corrected chi connectivity index (χ0v) is 19.1. The van der Waals surface area contributed by atoms with Gasteiger partial charge in [0, 0.05) is 32.7 Å². The van der Waals surface area contributed by atoms with Gasteiger partial charge in [0.05, 0.1) is 18.4 Å². The lowest BCUT2D eigenvalue weighted by Gasteiger charge is -2.36. The Morgan fingerprint density at radius 1 is 0.848 bits per heavy atom. The number of hydrogen-bond acceptors (Lipinski definition) is 5. The molecule has 4 rings (SSSR count). The van der Waals surface area contributed by atoms with Crippen LogP contribution in [0.5, 0.6) is 17.2 Å². The molecule has 1 amide bonds. The van der Waals surface area contributed by atoms with E-state index >= 15 is 0 Å². The van der Waals surface area contributed by atoms with E-state index in [1.165, 1.54) is 0 Å². The van der Waals surface area contributed by atoms with Crippen LogP contribution in [-0.2, 0) is 0 Å². The van der Waals surface area contributed by atoms with Crippen molar-refractivity contribution in [1.29, 1.82) is 0 Å². The molecule has 1 N–H and O–H groups in total. The Kier molecular flexibility index (Phi) is 7.82. The molecule has 1 aliphatic rings. The summed E-state index contributed by atoms with van der Waals surface area (Å²) in [5, 5.41) is 3.04. The van der Waals surface area contributed by atoms with Gasteiger partial charge in [-0.05, 0) is 49.4 Å². The van der Waals surface area contributed by atoms with Crippen LogP contribution in [0.1, 0.15) is 16.8 Å². The summed E-state index contributed by atoms with van der Waals surface area (Å²) in [7, 11) is 1.72. The van der Waals surface area contributed by atoms with Crippen molar-refractivity contribution in [2.24, 2.45) is 0 Å². The second-order valence-electron chi connectivity index (χ2n) is 8.02. The maximum absolute atomic E-state index is 12.7. The Balaban J connectivity index is 1.21. The van der Waals surface area contributed by atoms with Gasteiger partial charge < -0.3 is 19.7 Å². The van der Waals surface area contributed by atoms with Crippen LogP contribution in [0.3, 0.4) is 0 Å². The van der Waals surface area contributed by atoms with Crippen LogP contribution < -0.4 is 19.7 Å². The Morgan fingerprint density at radius 2 is 1.52 bits per heavy atom. The van der Waals surface area contributed by atoms with E-state index in [1.807, 2.05) is 60.7 Å². The largest absolute Gasteiger partial charge is 0.495 e. The third kappa shape index (κ3) is 6.05. The number of hydrogen-bond donors (Lipinski definition) is 1. The summed E-state index contributed by atoms with van der Waals surface area (Å²) in [4.78, 5) is 17.6. The van der Waals surface area contributed by atoms with Crippen LogP contribution in [0, 0.1) is 0 Å². The molecule has 0 aliphatic carbocycles. The monoisotopic (exact) mass is 445 g/mol. The van der Waals surface area contributed by atoms with Crippen molar-refractivity contribution in [3.63, 3.8) is 0 Å². The van der Waals surface area contributed by atoms with Gasteiger partial charge in [-0.25, -0.2) is 0 Å². The van der Waals surface area contributed by atoms with Gasteiger partial charge in [-0.2, -0.15) is 0 Å². The lowest BCUT2D eigenvalue weighted by Crippen LogP contribution is -2.47. The fraction of sp³-hybridized carbons (Fsp3) is 0.296. The minimum Gasteiger partial charge on any atom is -0.495 e. The molecule has 1 fully saturated rings. The molecule has 0 aromatic heterocycles. The van der Waals surface area contributed by atoms with Crippen molar-refractivity contribution in [2.75, 3.05) is 51.3 Å². The van der Waals surface area contributed by atoms with Gasteiger partial charge in [0.1, 0.15) is 17.2 Å². The number of piperazine rings is 1. The van der Waals surface area contributed by atoms with Crippen molar-refractivity contribution in [1.82, 2.24) is 10.2 Å². The van der Waals surface area contributed by atoms with Gasteiger partial charge in [-0.1, -0.05) is 42.5 Å². The molecule has 3 aromatic rings. The molecule has 0 saturated carbocycles. The lowest BCUT2D eigenvalue weighted by molar-refractivity contribution is 0.0949. The maximum Gasteiger partial charge on any atom is 0.255 e. The Bertz CT molecular complexity index is 1030. The predicted octanol–water partition coefficient (Wildman–Crippen LogP) is 4.43. The third-order valence-electron chi connectivity index (χ3n) is 5.84. The van der Waals surface area contributed by atoms with Crippen molar-refractivity contribution in [3.8, 4) is 17.2 Å². The molecular formula is C27H31N3O3. The first-order valence-corrected chi connectivity index (χ1v) is 11.4. The van der Waals surface area contributed by atoms with E-state index in [9.17, 15) is 4.79 Å². The van der Waals surface area contributed by atoms with Crippen molar-refractivity contribution in [2.45, 2.75) is 6.42 Å². The zero-order chi connectivity index (χ0) is 22.9. The molecule has 1 heterocycles. The molecule has 1 aliphatic heterocycles. The van der Waals surface area contributed by atoms with Crippen LogP contribution >= 0.6 is 0 Å². The summed E-state index contributed by atoms with van der Waals surface area (Å²) in [5.41, 5.74) is 1.70. The number of amides is 1. The molecule has 0 unspecified atom stereocenters. The average molecular weight is 446 g/mol. The summed E-state index contributed by atoms with van der Waals surface area (Å²) in [6.45, 7) is 5.53. The third-order valence-corrected chi connectivity index (χ3v) is 5.84. The highest BCUT2D eigenvalue weighted by atomic mass is 16.5. The smallest absolute Gasteiger partial charge is 0.255 e. The molecule has 33 heavy (non-hydrogen) atoms. The Labute approximate surface area is 195 Å². The summed E-state index contributed by atoms with van der Waals surface area (Å²) in [5.74, 6) is 2.09. The van der Waals surface area contributed by atoms with Gasteiger partial charge >= 0.3 is 0 Å². The molecular weight excluding hydrogens is 414 g/mol. The van der Waals surface area contributed by atoms with Crippen LogP contribution in [0.25, 0.3) is 0 Å². The minimum atomic E-state index is -0.109. The number of ether oxygens (including phenoxy) is 2. The number of carbonyl (C=O) groups is 1. The van der Waals surface area contributed by atoms with E-state index < -0.39 is 0 Å². The van der Waals surface area contributed by atoms with Gasteiger partial charge in [-0.15, -0.1) is 0 Å². The van der Waals surface area contributed by atoms with Gasteiger partial charge in [0.15, 0.2) is 0 Å². The fourth-order valence-corrected chi connectivity index (χ4v) is 4.06. The van der Waals surface area contributed by atoms with Crippen molar-refractivity contribution >= 4 is 11.6 Å². The number of carbonyl (C=O) groups excluding carboxylic acids is 1. The standard InChI is InChI=1S/C27H31N3O3/c1-32-26-15-8-6-13-24(26)30-20-18-29(19-21-30)17-9-16-28-27(31)23-12-5-7-14-25(23)33-22-10-3-2-4-11-22/h2-8,10-15H,9,16-21H2,1H3,(H,28,31). The van der Waals surface area contributed by atoms with Crippen LogP contribution in [0.15, 0.2) is 78.9 Å². The van der Waals surface area contributed by atoms with E-state index in [1.54, 1.807) is 13.2 Å². The first-order valence-electron chi connectivity index (χ1n) is 11.4. The van der Waals surface area contributed by atoms with Crippen molar-refractivity contribution < 1.29 is 14.3 Å². The molecule has 0 radical (unpaired) electrons. The van der Waals surface area contributed by atoms with E-state index in [0.717, 1.165) is 50.6 Å². The first kappa shape index (κ1) is 22.7. The minimum absolute atomic E-state index is 0.109. The van der Waals surface area contributed by atoms with Gasteiger partial charge in [0.25, 0.3) is 5.91 Å². The lowest BCUT2D eigenvalue weighted by atomic mass is 10.2. The maximum atomic E-state index is 12.7. The summed E-state index contributed by atoms with van der Waals surface area (Å²) >= 11 is 0. The molecule has 6 heteroatoms. The van der Waals surface area contributed by atoms with Crippen LogP contribution in [-0.4, -0.2) is 57.2 Å². The summed E-state index contributed by atoms with van der Waals surface area (Å²) < 4.78 is 11.4. The second kappa shape index (κ2) is 11.4. The van der Waals surface area contributed by atoms with E-state index in [4.69, 9.17) is 9.47 Å². The molecule has 1 saturated heterocycles. The van der Waals surface area contributed by atoms with Crippen LogP contribution in [0.2, 0.25) is 0 Å². The number of anilines is 1. The number of nitrogens with one attached hydrogen (secondary N) is 1. The number of nitrogens with zero attached hydrogens (tertiary/aromatic N) is 2. The molecule has 0 bridgehead atoms.